The van der Waals surface area contributed by atoms with E-state index < -0.39 is 0 Å². The Bertz CT molecular complexity index is 921. The standard InChI is InChI=1S/C20H18N2O2S/c1-14-6-9-16(10-7-14)25-13-20(24)22-21-12-18-17-5-3-2-4-15(17)8-11-19(18)23/h2-12,23H,13H2,1H3,(H,22,24)/b21-12-. The summed E-state index contributed by atoms with van der Waals surface area (Å²) in [5.41, 5.74) is 4.28. The van der Waals surface area contributed by atoms with E-state index in [0.717, 1.165) is 15.7 Å². The summed E-state index contributed by atoms with van der Waals surface area (Å²) in [7, 11) is 0. The monoisotopic (exact) mass is 350 g/mol. The number of hydrogen-bond acceptors (Lipinski definition) is 4. The lowest BCUT2D eigenvalue weighted by Gasteiger charge is -2.05. The normalized spacial score (nSPS) is 11.1. The first-order valence-electron chi connectivity index (χ1n) is 7.85. The molecular weight excluding hydrogens is 332 g/mol. The highest BCUT2D eigenvalue weighted by Crippen LogP contribution is 2.25. The van der Waals surface area contributed by atoms with Crippen molar-refractivity contribution in [3.8, 4) is 5.75 Å². The lowest BCUT2D eigenvalue weighted by atomic mass is 10.0. The zero-order valence-corrected chi connectivity index (χ0v) is 14.6. The Hall–Kier alpha value is -2.79. The highest BCUT2D eigenvalue weighted by atomic mass is 32.2. The van der Waals surface area contributed by atoms with E-state index in [1.807, 2.05) is 61.5 Å². The molecule has 0 unspecified atom stereocenters. The van der Waals surface area contributed by atoms with Crippen LogP contribution < -0.4 is 5.43 Å². The van der Waals surface area contributed by atoms with Gasteiger partial charge in [0.25, 0.3) is 0 Å². The predicted molar refractivity (Wildman–Crippen MR) is 103 cm³/mol. The fourth-order valence-electron chi connectivity index (χ4n) is 2.40. The molecule has 0 saturated carbocycles. The Morgan fingerprint density at radius 2 is 1.88 bits per heavy atom. The molecule has 0 aromatic heterocycles. The number of benzene rings is 3. The lowest BCUT2D eigenvalue weighted by Crippen LogP contribution is -2.19. The number of rotatable bonds is 5. The molecule has 0 saturated heterocycles. The number of hydrazone groups is 1. The van der Waals surface area contributed by atoms with Crippen molar-refractivity contribution in [2.75, 3.05) is 5.75 Å². The third kappa shape index (κ3) is 4.39. The summed E-state index contributed by atoms with van der Waals surface area (Å²) in [5.74, 6) is 0.217. The molecule has 0 bridgehead atoms. The van der Waals surface area contributed by atoms with Crippen molar-refractivity contribution in [3.63, 3.8) is 0 Å². The average Bonchev–Trinajstić information content (AvgIpc) is 2.63. The van der Waals surface area contributed by atoms with E-state index in [2.05, 4.69) is 10.5 Å². The van der Waals surface area contributed by atoms with Gasteiger partial charge in [-0.3, -0.25) is 4.79 Å². The van der Waals surface area contributed by atoms with Gasteiger partial charge in [0, 0.05) is 10.5 Å². The average molecular weight is 350 g/mol. The molecule has 126 valence electrons. The first-order chi connectivity index (χ1) is 12.1. The quantitative estimate of drug-likeness (QED) is 0.414. The molecule has 3 aromatic carbocycles. The number of aromatic hydroxyl groups is 1. The summed E-state index contributed by atoms with van der Waals surface area (Å²) in [6.45, 7) is 2.03. The van der Waals surface area contributed by atoms with Crippen LogP contribution in [0.3, 0.4) is 0 Å². The fraction of sp³-hybridized carbons (Fsp3) is 0.100. The van der Waals surface area contributed by atoms with E-state index in [1.54, 1.807) is 6.07 Å². The Morgan fingerprint density at radius 3 is 2.68 bits per heavy atom. The maximum Gasteiger partial charge on any atom is 0.250 e. The van der Waals surface area contributed by atoms with Crippen molar-refractivity contribution in [1.82, 2.24) is 5.43 Å². The number of phenols is 1. The highest BCUT2D eigenvalue weighted by Gasteiger charge is 2.05. The second kappa shape index (κ2) is 7.85. The smallest absolute Gasteiger partial charge is 0.250 e. The van der Waals surface area contributed by atoms with E-state index in [9.17, 15) is 9.90 Å². The first-order valence-corrected chi connectivity index (χ1v) is 8.84. The molecule has 3 rings (SSSR count). The van der Waals surface area contributed by atoms with Crippen LogP contribution in [0.2, 0.25) is 0 Å². The summed E-state index contributed by atoms with van der Waals surface area (Å²) in [6, 6.07) is 19.2. The number of phenolic OH excluding ortho intramolecular Hbond substituents is 1. The number of hydrogen-bond donors (Lipinski definition) is 2. The van der Waals surface area contributed by atoms with Crippen LogP contribution in [-0.4, -0.2) is 23.0 Å². The molecule has 0 aliphatic rings. The Balaban J connectivity index is 1.62. The summed E-state index contributed by atoms with van der Waals surface area (Å²) in [4.78, 5) is 13.0. The van der Waals surface area contributed by atoms with Crippen LogP contribution in [0, 0.1) is 6.92 Å². The van der Waals surface area contributed by atoms with Gasteiger partial charge in [0.15, 0.2) is 0 Å². The van der Waals surface area contributed by atoms with Crippen molar-refractivity contribution in [2.24, 2.45) is 5.10 Å². The summed E-state index contributed by atoms with van der Waals surface area (Å²) in [6.07, 6.45) is 1.48. The molecule has 3 aromatic rings. The Kier molecular flexibility index (Phi) is 5.36. The molecule has 0 radical (unpaired) electrons. The molecule has 0 aliphatic heterocycles. The van der Waals surface area contributed by atoms with Gasteiger partial charge in [-0.1, -0.05) is 48.0 Å². The number of amides is 1. The van der Waals surface area contributed by atoms with E-state index in [4.69, 9.17) is 0 Å². The van der Waals surface area contributed by atoms with Gasteiger partial charge in [0.05, 0.1) is 12.0 Å². The van der Waals surface area contributed by atoms with Gasteiger partial charge in [-0.05, 0) is 35.9 Å². The van der Waals surface area contributed by atoms with Gasteiger partial charge in [0.1, 0.15) is 5.75 Å². The molecule has 4 nitrogen and oxygen atoms in total. The van der Waals surface area contributed by atoms with E-state index in [0.29, 0.717) is 5.56 Å². The molecule has 5 heteroatoms. The van der Waals surface area contributed by atoms with Gasteiger partial charge in [-0.25, -0.2) is 5.43 Å². The van der Waals surface area contributed by atoms with Gasteiger partial charge in [-0.15, -0.1) is 11.8 Å². The third-order valence-corrected chi connectivity index (χ3v) is 4.73. The van der Waals surface area contributed by atoms with Crippen molar-refractivity contribution >= 4 is 34.7 Å². The van der Waals surface area contributed by atoms with Crippen molar-refractivity contribution in [2.45, 2.75) is 11.8 Å². The third-order valence-electron chi connectivity index (χ3n) is 3.72. The predicted octanol–water partition coefficient (Wildman–Crippen LogP) is 4.10. The molecule has 1 amide bonds. The second-order valence-corrected chi connectivity index (χ2v) is 6.66. The number of carbonyl (C=O) groups is 1. The molecular formula is C20H18N2O2S. The van der Waals surface area contributed by atoms with Crippen LogP contribution in [-0.2, 0) is 4.79 Å². The van der Waals surface area contributed by atoms with Crippen LogP contribution in [0.15, 0.2) is 70.7 Å². The minimum absolute atomic E-state index is 0.130. The molecule has 0 heterocycles. The van der Waals surface area contributed by atoms with Crippen LogP contribution in [0.4, 0.5) is 0 Å². The summed E-state index contributed by atoms with van der Waals surface area (Å²) < 4.78 is 0. The molecule has 2 N–H and O–H groups in total. The Labute approximate surface area is 150 Å². The minimum Gasteiger partial charge on any atom is -0.507 e. The van der Waals surface area contributed by atoms with Crippen LogP contribution in [0.5, 0.6) is 5.75 Å². The van der Waals surface area contributed by atoms with Crippen molar-refractivity contribution < 1.29 is 9.90 Å². The maximum atomic E-state index is 11.9. The van der Waals surface area contributed by atoms with Gasteiger partial charge in [-0.2, -0.15) is 5.10 Å². The maximum absolute atomic E-state index is 11.9. The second-order valence-electron chi connectivity index (χ2n) is 5.61. The first kappa shape index (κ1) is 17.0. The molecule has 25 heavy (non-hydrogen) atoms. The zero-order chi connectivity index (χ0) is 17.6. The number of thioether (sulfide) groups is 1. The lowest BCUT2D eigenvalue weighted by molar-refractivity contribution is -0.118. The largest absolute Gasteiger partial charge is 0.507 e. The number of nitrogens with one attached hydrogen (secondary N) is 1. The fourth-order valence-corrected chi connectivity index (χ4v) is 3.10. The molecule has 0 atom stereocenters. The number of nitrogens with zero attached hydrogens (tertiary/aromatic N) is 1. The van der Waals surface area contributed by atoms with Gasteiger partial charge >= 0.3 is 0 Å². The number of carbonyl (C=O) groups excluding carboxylic acids is 1. The van der Waals surface area contributed by atoms with Crippen LogP contribution in [0.1, 0.15) is 11.1 Å². The summed E-state index contributed by atoms with van der Waals surface area (Å²) in [5, 5.41) is 15.9. The zero-order valence-electron chi connectivity index (χ0n) is 13.8. The molecule has 0 fully saturated rings. The Morgan fingerprint density at radius 1 is 1.12 bits per heavy atom. The highest BCUT2D eigenvalue weighted by molar-refractivity contribution is 8.00. The minimum atomic E-state index is -0.193. The van der Waals surface area contributed by atoms with Crippen LogP contribution in [0.25, 0.3) is 10.8 Å². The van der Waals surface area contributed by atoms with E-state index in [1.165, 1.54) is 23.5 Å². The number of aryl methyl sites for hydroxylation is 1. The SMILES string of the molecule is Cc1ccc(SCC(=O)N/N=C\c2c(O)ccc3ccccc23)cc1. The summed E-state index contributed by atoms with van der Waals surface area (Å²) >= 11 is 1.45. The number of fused-ring (bicyclic) bond motifs is 1. The van der Waals surface area contributed by atoms with Crippen molar-refractivity contribution in [1.29, 1.82) is 0 Å². The molecule has 0 aliphatic carbocycles. The van der Waals surface area contributed by atoms with E-state index in [-0.39, 0.29) is 17.4 Å². The molecule has 0 spiro atoms. The van der Waals surface area contributed by atoms with Crippen molar-refractivity contribution in [3.05, 3.63) is 71.8 Å². The topological polar surface area (TPSA) is 61.7 Å². The van der Waals surface area contributed by atoms with Gasteiger partial charge < -0.3 is 5.11 Å². The van der Waals surface area contributed by atoms with Crippen LogP contribution >= 0.6 is 11.8 Å². The van der Waals surface area contributed by atoms with E-state index >= 15 is 0 Å². The van der Waals surface area contributed by atoms with Gasteiger partial charge in [0.2, 0.25) is 5.91 Å².